The minimum absolute atomic E-state index is 0.0333. The molecule has 4 aliphatic rings. The number of alkyl halides is 2. The number of ketones is 1. The molecule has 4 aliphatic carbocycles. The minimum Gasteiger partial charge on any atom is -0.502 e. The van der Waals surface area contributed by atoms with Crippen LogP contribution in [0.1, 0.15) is 54.6 Å². The van der Waals surface area contributed by atoms with Crippen molar-refractivity contribution in [3.05, 3.63) is 45.4 Å². The molecule has 0 amide bonds. The van der Waals surface area contributed by atoms with Gasteiger partial charge in [0.15, 0.2) is 16.5 Å². The van der Waals surface area contributed by atoms with Gasteiger partial charge in [-0.2, -0.15) is 0 Å². The van der Waals surface area contributed by atoms with E-state index in [-0.39, 0.29) is 41.1 Å². The van der Waals surface area contributed by atoms with Gasteiger partial charge in [-0.25, -0.2) is 13.6 Å². The number of aliphatic hydroxyl groups is 2. The predicted octanol–water partition coefficient (Wildman–Crippen LogP) is 5.61. The van der Waals surface area contributed by atoms with E-state index in [2.05, 4.69) is 0 Å². The second-order valence-corrected chi connectivity index (χ2v) is 13.1. The molecule has 0 spiro atoms. The molecule has 3 saturated carbocycles. The van der Waals surface area contributed by atoms with Crippen LogP contribution in [0.25, 0.3) is 0 Å². The van der Waals surface area contributed by atoms with Gasteiger partial charge in [0.1, 0.15) is 11.0 Å². The third-order valence-electron chi connectivity index (χ3n) is 9.45. The third kappa shape index (κ3) is 3.34. The van der Waals surface area contributed by atoms with Crippen LogP contribution in [-0.2, 0) is 9.53 Å². The lowest BCUT2D eigenvalue weighted by Gasteiger charge is -2.62. The van der Waals surface area contributed by atoms with E-state index < -0.39 is 52.4 Å². The first-order valence-corrected chi connectivity index (χ1v) is 13.5. The van der Waals surface area contributed by atoms with Crippen molar-refractivity contribution in [3.63, 3.8) is 0 Å². The number of fused-ring (bicyclic) bond motifs is 5. The number of hydrogen-bond donors (Lipinski definition) is 2. The van der Waals surface area contributed by atoms with Gasteiger partial charge in [0.25, 0.3) is 0 Å². The first-order valence-electron chi connectivity index (χ1n) is 12.3. The number of aryl methyl sites for hydroxylation is 1. The molecule has 0 radical (unpaired) electrons. The Labute approximate surface area is 218 Å². The normalized spacial score (nSPS) is 43.6. The number of carbonyl (C=O) groups excluding carboxylic acids is 2. The largest absolute Gasteiger partial charge is 0.502 e. The van der Waals surface area contributed by atoms with Crippen LogP contribution in [0.4, 0.5) is 8.78 Å². The number of rotatable bonds is 3. The molecule has 36 heavy (non-hydrogen) atoms. The summed E-state index contributed by atoms with van der Waals surface area (Å²) in [5, 5.41) is 21.5. The Kier molecular flexibility index (Phi) is 5.89. The SMILES string of the molecule is Cc1ccc(C(=O)OC2=C[C@@]3(C)C(=CC2=O)[C@@H](F)C[C@@H]2[C@@H]4C[C@@H](C)[C@@H](C(O)=S)[C@@]4(C)C[C@H](O)[C@@]23F)s1. The van der Waals surface area contributed by atoms with Crippen LogP contribution >= 0.6 is 23.6 Å². The molecule has 9 heteroatoms. The standard InChI is InChI=1S/C27H30F2O5S2/c1-12-7-14-15-8-17(28)16-9-18(30)19(34-23(32)20-6-5-13(2)36-20)10-26(16,4)27(15,29)21(31)11-25(14,3)22(12)24(33)35/h5-6,9-10,12,14-15,17,21-22,31H,7-8,11H2,1-4H3,(H,33,35)/t12-,14+,15-,17+,21+,22+,25+,26+,27+/m1/s1. The Hall–Kier alpha value is -1.97. The number of thiocarbonyl (C=S) groups is 1. The molecule has 1 aromatic heterocycles. The number of thiophene rings is 1. The lowest BCUT2D eigenvalue weighted by atomic mass is 9.45. The highest BCUT2D eigenvalue weighted by Gasteiger charge is 2.73. The van der Waals surface area contributed by atoms with Gasteiger partial charge in [-0.1, -0.05) is 13.8 Å². The van der Waals surface area contributed by atoms with Gasteiger partial charge in [0.2, 0.25) is 5.78 Å². The zero-order valence-electron chi connectivity index (χ0n) is 20.6. The van der Waals surface area contributed by atoms with E-state index in [0.717, 1.165) is 11.0 Å². The topological polar surface area (TPSA) is 83.8 Å². The summed E-state index contributed by atoms with van der Waals surface area (Å²) in [5.41, 5.74) is -4.75. The fraction of sp³-hybridized carbons (Fsp3) is 0.593. The maximum Gasteiger partial charge on any atom is 0.353 e. The van der Waals surface area contributed by atoms with Crippen LogP contribution in [0.2, 0.25) is 0 Å². The van der Waals surface area contributed by atoms with Crippen LogP contribution in [0.15, 0.2) is 35.6 Å². The van der Waals surface area contributed by atoms with E-state index in [1.807, 2.05) is 20.8 Å². The van der Waals surface area contributed by atoms with Crippen LogP contribution in [-0.4, -0.2) is 45.0 Å². The maximum atomic E-state index is 17.5. The molecule has 2 N–H and O–H groups in total. The average Bonchev–Trinajstić information content (AvgIpc) is 3.32. The summed E-state index contributed by atoms with van der Waals surface area (Å²) in [5.74, 6) is -3.49. The summed E-state index contributed by atoms with van der Waals surface area (Å²) >= 11 is 6.34. The van der Waals surface area contributed by atoms with Crippen molar-refractivity contribution < 1.29 is 33.3 Å². The zero-order valence-corrected chi connectivity index (χ0v) is 22.2. The van der Waals surface area contributed by atoms with Gasteiger partial charge in [0, 0.05) is 16.7 Å². The van der Waals surface area contributed by atoms with Gasteiger partial charge in [0.05, 0.1) is 11.5 Å². The Morgan fingerprint density at radius 2 is 1.94 bits per heavy atom. The molecular formula is C27H30F2O5S2. The molecular weight excluding hydrogens is 506 g/mol. The Morgan fingerprint density at radius 1 is 1.25 bits per heavy atom. The molecule has 5 rings (SSSR count). The first-order chi connectivity index (χ1) is 16.7. The molecule has 1 heterocycles. The molecule has 194 valence electrons. The van der Waals surface area contributed by atoms with Crippen molar-refractivity contribution in [1.29, 1.82) is 0 Å². The van der Waals surface area contributed by atoms with E-state index in [1.165, 1.54) is 24.3 Å². The number of halogens is 2. The summed E-state index contributed by atoms with van der Waals surface area (Å²) in [6.45, 7) is 7.14. The van der Waals surface area contributed by atoms with Crippen LogP contribution in [0.5, 0.6) is 0 Å². The lowest BCUT2D eigenvalue weighted by molar-refractivity contribution is -0.199. The monoisotopic (exact) mass is 536 g/mol. The van der Waals surface area contributed by atoms with Gasteiger partial charge >= 0.3 is 5.97 Å². The summed E-state index contributed by atoms with van der Waals surface area (Å²) in [6, 6.07) is 3.33. The van der Waals surface area contributed by atoms with Gasteiger partial charge < -0.3 is 14.9 Å². The zero-order chi connectivity index (χ0) is 26.4. The molecule has 0 bridgehead atoms. The summed E-state index contributed by atoms with van der Waals surface area (Å²) in [6.07, 6.45) is -0.480. The van der Waals surface area contributed by atoms with E-state index in [9.17, 15) is 19.8 Å². The van der Waals surface area contributed by atoms with Crippen LogP contribution < -0.4 is 0 Å². The smallest absolute Gasteiger partial charge is 0.353 e. The van der Waals surface area contributed by atoms with Crippen LogP contribution in [0.3, 0.4) is 0 Å². The number of esters is 1. The molecule has 1 aromatic rings. The van der Waals surface area contributed by atoms with Crippen molar-refractivity contribution in [3.8, 4) is 0 Å². The Balaban J connectivity index is 1.57. The quantitative estimate of drug-likeness (QED) is 0.386. The van der Waals surface area contributed by atoms with E-state index >= 15 is 8.78 Å². The molecule has 3 fully saturated rings. The average molecular weight is 537 g/mol. The van der Waals surface area contributed by atoms with Gasteiger partial charge in [-0.3, -0.25) is 4.79 Å². The number of ether oxygens (including phenoxy) is 1. The van der Waals surface area contributed by atoms with E-state index in [4.69, 9.17) is 17.0 Å². The third-order valence-corrected chi connectivity index (χ3v) is 10.7. The lowest BCUT2D eigenvalue weighted by Crippen LogP contribution is -2.68. The van der Waals surface area contributed by atoms with Crippen molar-refractivity contribution in [2.75, 3.05) is 0 Å². The van der Waals surface area contributed by atoms with Crippen molar-refractivity contribution >= 4 is 40.4 Å². The van der Waals surface area contributed by atoms with Crippen molar-refractivity contribution in [2.45, 2.75) is 64.9 Å². The second-order valence-electron chi connectivity index (χ2n) is 11.4. The summed E-state index contributed by atoms with van der Waals surface area (Å²) < 4.78 is 38.6. The van der Waals surface area contributed by atoms with Gasteiger partial charge in [-0.15, -0.1) is 11.3 Å². The highest BCUT2D eigenvalue weighted by atomic mass is 32.1. The fourth-order valence-corrected chi connectivity index (χ4v) is 9.18. The molecule has 9 atom stereocenters. The number of hydrogen-bond acceptors (Lipinski definition) is 6. The van der Waals surface area contributed by atoms with Crippen molar-refractivity contribution in [2.24, 2.45) is 34.5 Å². The fourth-order valence-electron chi connectivity index (χ4n) is 7.94. The Bertz CT molecular complexity index is 1220. The first kappa shape index (κ1) is 25.7. The minimum atomic E-state index is -2.31. The molecule has 0 aliphatic heterocycles. The highest BCUT2D eigenvalue weighted by molar-refractivity contribution is 7.80. The molecule has 5 nitrogen and oxygen atoms in total. The van der Waals surface area contributed by atoms with E-state index in [0.29, 0.717) is 11.3 Å². The van der Waals surface area contributed by atoms with Crippen LogP contribution in [0, 0.1) is 41.4 Å². The predicted molar refractivity (Wildman–Crippen MR) is 135 cm³/mol. The van der Waals surface area contributed by atoms with E-state index in [1.54, 1.807) is 12.1 Å². The maximum absolute atomic E-state index is 17.5. The second kappa shape index (κ2) is 8.27. The number of carbonyl (C=O) groups is 2. The summed E-state index contributed by atoms with van der Waals surface area (Å²) in [4.78, 5) is 26.7. The summed E-state index contributed by atoms with van der Waals surface area (Å²) in [7, 11) is 0. The highest BCUT2D eigenvalue weighted by Crippen LogP contribution is 2.70. The van der Waals surface area contributed by atoms with Crippen molar-refractivity contribution in [1.82, 2.24) is 0 Å². The Morgan fingerprint density at radius 3 is 2.56 bits per heavy atom. The molecule has 0 saturated heterocycles. The molecule has 0 unspecified atom stereocenters. The number of aliphatic hydroxyl groups excluding tert-OH is 2. The van der Waals surface area contributed by atoms with Gasteiger partial charge in [-0.05, 0) is 92.4 Å². The number of allylic oxidation sites excluding steroid dienone is 3. The molecule has 0 aromatic carbocycles.